The standard InChI is InChI=1S/C19H39NO4S/c1-2-3-4-5-6-7-8-9-10-11-13-20(15-17-24-18-16-20)14-12-19-25(21,22)23/h2-19H2,1H3/p+1. The maximum Gasteiger partial charge on any atom is 0.265 e. The molecule has 0 atom stereocenters. The molecule has 1 rings (SSSR count). The van der Waals surface area contributed by atoms with Gasteiger partial charge in [0.05, 0.1) is 32.1 Å². The Morgan fingerprint density at radius 2 is 1.28 bits per heavy atom. The first-order chi connectivity index (χ1) is 12.0. The van der Waals surface area contributed by atoms with Gasteiger partial charge in [-0.1, -0.05) is 58.3 Å². The van der Waals surface area contributed by atoms with Gasteiger partial charge in [0, 0.05) is 6.42 Å². The van der Waals surface area contributed by atoms with Crippen molar-refractivity contribution in [2.24, 2.45) is 0 Å². The highest BCUT2D eigenvalue weighted by Gasteiger charge is 2.29. The van der Waals surface area contributed by atoms with Crippen LogP contribution >= 0.6 is 0 Å². The molecule has 0 spiro atoms. The van der Waals surface area contributed by atoms with Crippen molar-refractivity contribution in [3.63, 3.8) is 0 Å². The average molecular weight is 379 g/mol. The smallest absolute Gasteiger partial charge is 0.265 e. The fraction of sp³-hybridized carbons (Fsp3) is 1.00. The molecule has 1 aliphatic rings. The van der Waals surface area contributed by atoms with Crippen LogP contribution in [0.3, 0.4) is 0 Å². The van der Waals surface area contributed by atoms with Crippen LogP contribution in [0.15, 0.2) is 0 Å². The first kappa shape index (κ1) is 22.9. The first-order valence-corrected chi connectivity index (χ1v) is 12.0. The fourth-order valence-corrected chi connectivity index (χ4v) is 4.30. The Balaban J connectivity index is 2.14. The van der Waals surface area contributed by atoms with E-state index in [-0.39, 0.29) is 5.75 Å². The SMILES string of the molecule is CCCCCCCCCCCC[N+]1(CCCS(=O)(=O)O)CCOCC1. The Morgan fingerprint density at radius 1 is 0.800 bits per heavy atom. The van der Waals surface area contributed by atoms with Gasteiger partial charge in [-0.05, 0) is 12.8 Å². The van der Waals surface area contributed by atoms with Gasteiger partial charge in [0.1, 0.15) is 13.1 Å². The summed E-state index contributed by atoms with van der Waals surface area (Å²) >= 11 is 0. The Kier molecular flexibility index (Phi) is 12.0. The van der Waals surface area contributed by atoms with Gasteiger partial charge < -0.3 is 9.22 Å². The van der Waals surface area contributed by atoms with Crippen LogP contribution in [0.4, 0.5) is 0 Å². The number of hydrogen-bond donors (Lipinski definition) is 1. The molecule has 6 heteroatoms. The molecule has 0 unspecified atom stereocenters. The van der Waals surface area contributed by atoms with Crippen LogP contribution in [0.25, 0.3) is 0 Å². The Morgan fingerprint density at radius 3 is 1.80 bits per heavy atom. The lowest BCUT2D eigenvalue weighted by Crippen LogP contribution is -2.56. The number of quaternary nitrogens is 1. The van der Waals surface area contributed by atoms with E-state index in [1.54, 1.807) is 0 Å². The van der Waals surface area contributed by atoms with Gasteiger partial charge in [-0.15, -0.1) is 0 Å². The predicted molar refractivity (Wildman–Crippen MR) is 103 cm³/mol. The maximum atomic E-state index is 10.9. The van der Waals surface area contributed by atoms with Gasteiger partial charge in [0.15, 0.2) is 0 Å². The van der Waals surface area contributed by atoms with E-state index in [1.807, 2.05) is 0 Å². The fourth-order valence-electron chi connectivity index (χ4n) is 3.81. The van der Waals surface area contributed by atoms with Crippen molar-refractivity contribution in [1.29, 1.82) is 0 Å². The van der Waals surface area contributed by atoms with Crippen LogP contribution in [-0.4, -0.2) is 62.6 Å². The van der Waals surface area contributed by atoms with Crippen LogP contribution in [0.2, 0.25) is 0 Å². The predicted octanol–water partition coefficient (Wildman–Crippen LogP) is 4.03. The van der Waals surface area contributed by atoms with Crippen molar-refractivity contribution in [2.45, 2.75) is 77.6 Å². The van der Waals surface area contributed by atoms with Crippen LogP contribution in [-0.2, 0) is 14.9 Å². The second-order valence-corrected chi connectivity index (χ2v) is 9.24. The molecule has 1 aliphatic heterocycles. The lowest BCUT2D eigenvalue weighted by molar-refractivity contribution is -0.935. The van der Waals surface area contributed by atoms with Crippen LogP contribution in [0.1, 0.15) is 77.6 Å². The summed E-state index contributed by atoms with van der Waals surface area (Å²) in [4.78, 5) is 0. The molecule has 0 aromatic heterocycles. The molecular formula is C19H40NO4S+. The van der Waals surface area contributed by atoms with Crippen LogP contribution in [0, 0.1) is 0 Å². The van der Waals surface area contributed by atoms with Crippen molar-refractivity contribution >= 4 is 10.1 Å². The molecule has 0 aromatic rings. The molecule has 5 nitrogen and oxygen atoms in total. The van der Waals surface area contributed by atoms with E-state index in [1.165, 1.54) is 64.2 Å². The number of nitrogens with zero attached hydrogens (tertiary/aromatic N) is 1. The molecule has 0 aliphatic carbocycles. The summed E-state index contributed by atoms with van der Waals surface area (Å²) in [6.45, 7) is 7.69. The van der Waals surface area contributed by atoms with E-state index in [0.717, 1.165) is 43.9 Å². The number of morpholine rings is 1. The monoisotopic (exact) mass is 378 g/mol. The van der Waals surface area contributed by atoms with E-state index in [9.17, 15) is 8.42 Å². The number of hydrogen-bond acceptors (Lipinski definition) is 3. The Hall–Kier alpha value is -0.170. The first-order valence-electron chi connectivity index (χ1n) is 10.4. The molecule has 1 heterocycles. The Labute approximate surface area is 155 Å². The summed E-state index contributed by atoms with van der Waals surface area (Å²) in [6.07, 6.45) is 13.9. The third kappa shape index (κ3) is 11.9. The van der Waals surface area contributed by atoms with Crippen molar-refractivity contribution in [3.05, 3.63) is 0 Å². The molecule has 25 heavy (non-hydrogen) atoms. The number of rotatable bonds is 15. The molecule has 1 saturated heterocycles. The molecule has 0 saturated carbocycles. The second kappa shape index (κ2) is 13.1. The summed E-state index contributed by atoms with van der Waals surface area (Å²) in [6, 6.07) is 0. The molecule has 1 fully saturated rings. The molecule has 0 aromatic carbocycles. The molecule has 1 N–H and O–H groups in total. The van der Waals surface area contributed by atoms with E-state index in [2.05, 4.69) is 6.92 Å². The van der Waals surface area contributed by atoms with Gasteiger partial charge in [0.25, 0.3) is 10.1 Å². The zero-order chi connectivity index (χ0) is 18.4. The van der Waals surface area contributed by atoms with E-state index in [4.69, 9.17) is 9.29 Å². The molecule has 0 amide bonds. The van der Waals surface area contributed by atoms with Gasteiger partial charge in [-0.25, -0.2) is 0 Å². The van der Waals surface area contributed by atoms with Crippen LogP contribution < -0.4 is 0 Å². The van der Waals surface area contributed by atoms with Crippen LogP contribution in [0.5, 0.6) is 0 Å². The highest BCUT2D eigenvalue weighted by molar-refractivity contribution is 7.85. The summed E-state index contributed by atoms with van der Waals surface area (Å²) in [5.74, 6) is -0.119. The number of unbranched alkanes of at least 4 members (excludes halogenated alkanes) is 9. The normalized spacial score (nSPS) is 17.7. The number of ether oxygens (including phenoxy) is 1. The minimum atomic E-state index is -3.84. The molecule has 0 radical (unpaired) electrons. The van der Waals surface area contributed by atoms with Gasteiger partial charge >= 0.3 is 0 Å². The third-order valence-corrected chi connectivity index (χ3v) is 6.25. The molecule has 0 bridgehead atoms. The van der Waals surface area contributed by atoms with Crippen molar-refractivity contribution in [2.75, 3.05) is 45.1 Å². The zero-order valence-electron chi connectivity index (χ0n) is 16.3. The van der Waals surface area contributed by atoms with Gasteiger partial charge in [-0.2, -0.15) is 8.42 Å². The summed E-state index contributed by atoms with van der Waals surface area (Å²) in [7, 11) is -3.84. The van der Waals surface area contributed by atoms with Crippen molar-refractivity contribution in [1.82, 2.24) is 0 Å². The molecule has 150 valence electrons. The summed E-state index contributed by atoms with van der Waals surface area (Å²) in [5, 5.41) is 0. The molecular weight excluding hydrogens is 338 g/mol. The second-order valence-electron chi connectivity index (χ2n) is 7.67. The third-order valence-electron chi connectivity index (χ3n) is 5.44. The van der Waals surface area contributed by atoms with Gasteiger partial charge in [-0.3, -0.25) is 4.55 Å². The lowest BCUT2D eigenvalue weighted by Gasteiger charge is -2.41. The largest absolute Gasteiger partial charge is 0.370 e. The van der Waals surface area contributed by atoms with Gasteiger partial charge in [0.2, 0.25) is 0 Å². The minimum absolute atomic E-state index is 0.119. The van der Waals surface area contributed by atoms with E-state index in [0.29, 0.717) is 6.42 Å². The maximum absolute atomic E-state index is 10.9. The van der Waals surface area contributed by atoms with E-state index >= 15 is 0 Å². The summed E-state index contributed by atoms with van der Waals surface area (Å²) in [5.41, 5.74) is 0. The van der Waals surface area contributed by atoms with E-state index < -0.39 is 10.1 Å². The lowest BCUT2D eigenvalue weighted by atomic mass is 10.1. The topological polar surface area (TPSA) is 63.6 Å². The zero-order valence-corrected chi connectivity index (χ0v) is 17.1. The average Bonchev–Trinajstić information content (AvgIpc) is 2.56. The summed E-state index contributed by atoms with van der Waals surface area (Å²) < 4.78 is 37.3. The highest BCUT2D eigenvalue weighted by atomic mass is 32.2. The minimum Gasteiger partial charge on any atom is -0.370 e. The quantitative estimate of drug-likeness (QED) is 0.265. The highest BCUT2D eigenvalue weighted by Crippen LogP contribution is 2.17. The Bertz CT molecular complexity index is 419. The van der Waals surface area contributed by atoms with Crippen molar-refractivity contribution in [3.8, 4) is 0 Å². The van der Waals surface area contributed by atoms with Crippen molar-refractivity contribution < 1.29 is 22.2 Å².